The van der Waals surface area contributed by atoms with Crippen molar-refractivity contribution in [2.24, 2.45) is 11.8 Å². The van der Waals surface area contributed by atoms with Gasteiger partial charge in [-0.2, -0.15) is 0 Å². The van der Waals surface area contributed by atoms with Gasteiger partial charge in [0.25, 0.3) is 0 Å². The molecule has 0 amide bonds. The first kappa shape index (κ1) is 14.7. The third-order valence-corrected chi connectivity index (χ3v) is 5.03. The van der Waals surface area contributed by atoms with E-state index in [1.54, 1.807) is 6.07 Å². The lowest BCUT2D eigenvalue weighted by molar-refractivity contribution is 0.293. The van der Waals surface area contributed by atoms with Gasteiger partial charge in [-0.3, -0.25) is 0 Å². The van der Waals surface area contributed by atoms with Crippen LogP contribution in [0.5, 0.6) is 0 Å². The molecule has 21 heavy (non-hydrogen) atoms. The number of hydrogen-bond acceptors (Lipinski definition) is 2. The van der Waals surface area contributed by atoms with Gasteiger partial charge in [-0.05, 0) is 55.7 Å². The average molecular weight is 290 g/mol. The zero-order chi connectivity index (χ0) is 14.7. The van der Waals surface area contributed by atoms with E-state index < -0.39 is 0 Å². The Morgan fingerprint density at radius 3 is 2.71 bits per heavy atom. The van der Waals surface area contributed by atoms with E-state index >= 15 is 0 Å². The molecule has 0 aromatic heterocycles. The fourth-order valence-corrected chi connectivity index (χ4v) is 3.84. The van der Waals surface area contributed by atoms with Crippen molar-refractivity contribution in [1.82, 2.24) is 0 Å². The molecule has 1 aromatic carbocycles. The van der Waals surface area contributed by atoms with E-state index in [-0.39, 0.29) is 5.82 Å². The predicted octanol–water partition coefficient (Wildman–Crippen LogP) is 4.66. The fourth-order valence-electron chi connectivity index (χ4n) is 3.84. The first-order valence-electron chi connectivity index (χ1n) is 8.51. The average Bonchev–Trinajstić information content (AvgIpc) is 2.99. The van der Waals surface area contributed by atoms with Crippen LogP contribution in [0.3, 0.4) is 0 Å². The van der Waals surface area contributed by atoms with Crippen molar-refractivity contribution in [3.8, 4) is 0 Å². The summed E-state index contributed by atoms with van der Waals surface area (Å²) in [6, 6.07) is 5.63. The van der Waals surface area contributed by atoms with Gasteiger partial charge < -0.3 is 10.2 Å². The van der Waals surface area contributed by atoms with E-state index in [0.29, 0.717) is 0 Å². The topological polar surface area (TPSA) is 15.3 Å². The van der Waals surface area contributed by atoms with Gasteiger partial charge in [-0.15, -0.1) is 0 Å². The second-order valence-corrected chi connectivity index (χ2v) is 6.88. The summed E-state index contributed by atoms with van der Waals surface area (Å²) in [6.45, 7) is 5.30. The first-order chi connectivity index (χ1) is 10.2. The summed E-state index contributed by atoms with van der Waals surface area (Å²) < 4.78 is 14.2. The normalized spacial score (nSPS) is 26.1. The lowest BCUT2D eigenvalue weighted by Crippen LogP contribution is -2.21. The van der Waals surface area contributed by atoms with Crippen LogP contribution in [0.1, 0.15) is 45.4 Å². The van der Waals surface area contributed by atoms with E-state index in [1.165, 1.54) is 38.5 Å². The molecule has 0 bridgehead atoms. The number of rotatable bonds is 4. The molecule has 2 fully saturated rings. The highest BCUT2D eigenvalue weighted by Gasteiger charge is 2.19. The van der Waals surface area contributed by atoms with Gasteiger partial charge in [0.1, 0.15) is 5.82 Å². The van der Waals surface area contributed by atoms with Crippen LogP contribution >= 0.6 is 0 Å². The Labute approximate surface area is 127 Å². The van der Waals surface area contributed by atoms with Crippen molar-refractivity contribution in [3.63, 3.8) is 0 Å². The van der Waals surface area contributed by atoms with Crippen LogP contribution in [0.2, 0.25) is 0 Å². The Hall–Kier alpha value is -1.25. The van der Waals surface area contributed by atoms with Crippen molar-refractivity contribution in [3.05, 3.63) is 24.0 Å². The largest absolute Gasteiger partial charge is 0.385 e. The lowest BCUT2D eigenvalue weighted by atomic mass is 9.82. The Morgan fingerprint density at radius 1 is 1.19 bits per heavy atom. The minimum absolute atomic E-state index is 0.0843. The smallest absolute Gasteiger partial charge is 0.148 e. The zero-order valence-corrected chi connectivity index (χ0v) is 13.1. The van der Waals surface area contributed by atoms with Gasteiger partial charge in [0.15, 0.2) is 0 Å². The van der Waals surface area contributed by atoms with E-state index in [9.17, 15) is 4.39 Å². The van der Waals surface area contributed by atoms with Crippen LogP contribution < -0.4 is 10.2 Å². The summed E-state index contributed by atoms with van der Waals surface area (Å²) in [7, 11) is 0. The molecule has 1 saturated heterocycles. The van der Waals surface area contributed by atoms with Crippen molar-refractivity contribution < 1.29 is 4.39 Å². The maximum Gasteiger partial charge on any atom is 0.148 e. The van der Waals surface area contributed by atoms with Crippen LogP contribution in [0.25, 0.3) is 0 Å². The Bertz CT molecular complexity index is 468. The predicted molar refractivity (Wildman–Crippen MR) is 87.5 cm³/mol. The maximum atomic E-state index is 14.2. The maximum absolute atomic E-state index is 14.2. The minimum Gasteiger partial charge on any atom is -0.385 e. The van der Waals surface area contributed by atoms with Crippen LogP contribution in [0.15, 0.2) is 18.2 Å². The number of hydrogen-bond donors (Lipinski definition) is 1. The monoisotopic (exact) mass is 290 g/mol. The molecule has 1 aliphatic carbocycles. The summed E-state index contributed by atoms with van der Waals surface area (Å²) in [5.74, 6) is 1.51. The van der Waals surface area contributed by atoms with Gasteiger partial charge in [-0.1, -0.05) is 19.8 Å². The first-order valence-corrected chi connectivity index (χ1v) is 8.51. The highest BCUT2D eigenvalue weighted by Crippen LogP contribution is 2.30. The second kappa shape index (κ2) is 6.67. The van der Waals surface area contributed by atoms with Crippen molar-refractivity contribution in [2.75, 3.05) is 29.9 Å². The van der Waals surface area contributed by atoms with Crippen molar-refractivity contribution >= 4 is 11.4 Å². The molecular formula is C18H27FN2. The molecule has 0 radical (unpaired) electrons. The third kappa shape index (κ3) is 3.69. The summed E-state index contributed by atoms with van der Waals surface area (Å²) in [6.07, 6.45) is 7.69. The molecule has 116 valence electrons. The summed E-state index contributed by atoms with van der Waals surface area (Å²) >= 11 is 0. The van der Waals surface area contributed by atoms with E-state index in [0.717, 1.165) is 42.8 Å². The Kier molecular flexibility index (Phi) is 4.67. The molecule has 0 spiro atoms. The number of halogens is 1. The van der Waals surface area contributed by atoms with Crippen LogP contribution in [0, 0.1) is 17.7 Å². The SMILES string of the molecule is CC1CCCC(CNc2ccc(N3CCCC3)c(F)c2)C1. The van der Waals surface area contributed by atoms with Crippen molar-refractivity contribution in [2.45, 2.75) is 45.4 Å². The molecule has 1 heterocycles. The molecule has 1 N–H and O–H groups in total. The standard InChI is InChI=1S/C18H27FN2/c1-14-5-4-6-15(11-14)13-20-16-7-8-18(17(19)12-16)21-9-2-3-10-21/h7-8,12,14-15,20H,2-6,9-11,13H2,1H3. The quantitative estimate of drug-likeness (QED) is 0.867. The third-order valence-electron chi connectivity index (χ3n) is 5.03. The van der Waals surface area contributed by atoms with Crippen LogP contribution in [0.4, 0.5) is 15.8 Å². The molecule has 2 atom stereocenters. The van der Waals surface area contributed by atoms with Gasteiger partial charge in [0.05, 0.1) is 5.69 Å². The van der Waals surface area contributed by atoms with Crippen LogP contribution in [-0.4, -0.2) is 19.6 Å². The molecule has 1 aromatic rings. The molecule has 2 nitrogen and oxygen atoms in total. The fraction of sp³-hybridized carbons (Fsp3) is 0.667. The number of benzene rings is 1. The molecule has 2 unspecified atom stereocenters. The Balaban J connectivity index is 1.57. The minimum atomic E-state index is -0.0843. The summed E-state index contributed by atoms with van der Waals surface area (Å²) in [5, 5.41) is 3.44. The number of anilines is 2. The summed E-state index contributed by atoms with van der Waals surface area (Å²) in [5.41, 5.74) is 1.69. The highest BCUT2D eigenvalue weighted by atomic mass is 19.1. The van der Waals surface area contributed by atoms with E-state index in [4.69, 9.17) is 0 Å². The molecular weight excluding hydrogens is 263 g/mol. The van der Waals surface area contributed by atoms with Gasteiger partial charge in [-0.25, -0.2) is 4.39 Å². The molecule has 3 rings (SSSR count). The van der Waals surface area contributed by atoms with Gasteiger partial charge in [0, 0.05) is 25.3 Å². The van der Waals surface area contributed by atoms with Crippen LogP contribution in [-0.2, 0) is 0 Å². The van der Waals surface area contributed by atoms with Gasteiger partial charge in [0.2, 0.25) is 0 Å². The Morgan fingerprint density at radius 2 is 2.00 bits per heavy atom. The van der Waals surface area contributed by atoms with E-state index in [1.807, 2.05) is 12.1 Å². The van der Waals surface area contributed by atoms with Gasteiger partial charge >= 0.3 is 0 Å². The number of nitrogens with zero attached hydrogens (tertiary/aromatic N) is 1. The molecule has 2 aliphatic rings. The molecule has 3 heteroatoms. The van der Waals surface area contributed by atoms with E-state index in [2.05, 4.69) is 17.1 Å². The van der Waals surface area contributed by atoms with Crippen molar-refractivity contribution in [1.29, 1.82) is 0 Å². The molecule has 1 aliphatic heterocycles. The lowest BCUT2D eigenvalue weighted by Gasteiger charge is -2.27. The zero-order valence-electron chi connectivity index (χ0n) is 13.1. The second-order valence-electron chi connectivity index (χ2n) is 6.88. The molecule has 1 saturated carbocycles. The summed E-state index contributed by atoms with van der Waals surface area (Å²) in [4.78, 5) is 2.15. The highest BCUT2D eigenvalue weighted by molar-refractivity contribution is 5.56. The number of nitrogens with one attached hydrogen (secondary N) is 1.